The summed E-state index contributed by atoms with van der Waals surface area (Å²) in [5.41, 5.74) is 4.74. The highest BCUT2D eigenvalue weighted by molar-refractivity contribution is 5.63. The van der Waals surface area contributed by atoms with Gasteiger partial charge < -0.3 is 5.32 Å². The van der Waals surface area contributed by atoms with Crippen molar-refractivity contribution in [2.45, 2.75) is 13.5 Å². The lowest BCUT2D eigenvalue weighted by Gasteiger charge is -2.05. The van der Waals surface area contributed by atoms with Crippen LogP contribution in [0, 0.1) is 6.92 Å². The predicted octanol–water partition coefficient (Wildman–Crippen LogP) is 2.78. The maximum atomic E-state index is 4.32. The number of pyridine rings is 1. The van der Waals surface area contributed by atoms with Crippen LogP contribution in [0.3, 0.4) is 0 Å². The maximum Gasteiger partial charge on any atom is 0.0373 e. The Morgan fingerprint density at radius 1 is 1.12 bits per heavy atom. The van der Waals surface area contributed by atoms with Crippen LogP contribution in [0.1, 0.15) is 11.3 Å². The molecule has 0 radical (unpaired) electrons. The lowest BCUT2D eigenvalue weighted by atomic mass is 10.0. The van der Waals surface area contributed by atoms with Gasteiger partial charge in [0.15, 0.2) is 0 Å². The zero-order valence-electron chi connectivity index (χ0n) is 9.70. The number of aromatic nitrogens is 1. The van der Waals surface area contributed by atoms with E-state index >= 15 is 0 Å². The van der Waals surface area contributed by atoms with Crippen LogP contribution in [0.5, 0.6) is 0 Å². The minimum atomic E-state index is 0.896. The summed E-state index contributed by atoms with van der Waals surface area (Å²) in [4.78, 5) is 4.32. The van der Waals surface area contributed by atoms with Crippen LogP contribution < -0.4 is 5.32 Å². The summed E-state index contributed by atoms with van der Waals surface area (Å²) < 4.78 is 0. The van der Waals surface area contributed by atoms with Crippen molar-refractivity contribution in [1.82, 2.24) is 10.3 Å². The smallest absolute Gasteiger partial charge is 0.0373 e. The van der Waals surface area contributed by atoms with Gasteiger partial charge in [0.05, 0.1) is 0 Å². The normalized spacial score (nSPS) is 10.4. The minimum absolute atomic E-state index is 0.896. The van der Waals surface area contributed by atoms with Gasteiger partial charge in [-0.15, -0.1) is 0 Å². The molecule has 2 heteroatoms. The molecule has 0 aliphatic carbocycles. The van der Waals surface area contributed by atoms with Gasteiger partial charge in [-0.05, 0) is 37.2 Å². The van der Waals surface area contributed by atoms with Crippen LogP contribution in [-0.4, -0.2) is 12.0 Å². The van der Waals surface area contributed by atoms with Crippen molar-refractivity contribution < 1.29 is 0 Å². The Balaban J connectivity index is 2.32. The molecule has 0 aliphatic rings. The van der Waals surface area contributed by atoms with Crippen molar-refractivity contribution >= 4 is 0 Å². The Labute approximate surface area is 96.4 Å². The van der Waals surface area contributed by atoms with E-state index in [1.165, 1.54) is 16.7 Å². The number of hydrogen-bond donors (Lipinski definition) is 1. The van der Waals surface area contributed by atoms with Crippen LogP contribution in [0.25, 0.3) is 11.1 Å². The molecule has 1 N–H and O–H groups in total. The highest BCUT2D eigenvalue weighted by atomic mass is 14.8. The van der Waals surface area contributed by atoms with Gasteiger partial charge in [-0.1, -0.05) is 24.3 Å². The molecular formula is C14H16N2. The molecule has 0 amide bonds. The number of benzene rings is 1. The van der Waals surface area contributed by atoms with Crippen molar-refractivity contribution in [3.8, 4) is 11.1 Å². The number of nitrogens with one attached hydrogen (secondary N) is 1. The SMILES string of the molecule is CNCc1cccc(-c2ccc(C)nc2)c1. The van der Waals surface area contributed by atoms with Crippen LogP contribution in [0.2, 0.25) is 0 Å². The van der Waals surface area contributed by atoms with Gasteiger partial charge in [-0.3, -0.25) is 4.98 Å². The van der Waals surface area contributed by atoms with Crippen molar-refractivity contribution in [1.29, 1.82) is 0 Å². The molecule has 0 unspecified atom stereocenters. The first-order valence-electron chi connectivity index (χ1n) is 5.46. The standard InChI is InChI=1S/C14H16N2/c1-11-6-7-14(10-16-11)13-5-3-4-12(8-13)9-15-2/h3-8,10,15H,9H2,1-2H3. The molecule has 1 aromatic carbocycles. The largest absolute Gasteiger partial charge is 0.316 e. The van der Waals surface area contributed by atoms with Gasteiger partial charge >= 0.3 is 0 Å². The highest BCUT2D eigenvalue weighted by Crippen LogP contribution is 2.19. The molecule has 0 atom stereocenters. The van der Waals surface area contributed by atoms with Crippen molar-refractivity contribution in [3.63, 3.8) is 0 Å². The summed E-state index contributed by atoms with van der Waals surface area (Å²) >= 11 is 0. The third-order valence-corrected chi connectivity index (χ3v) is 2.55. The molecular weight excluding hydrogens is 196 g/mol. The Bertz CT molecular complexity index is 460. The molecule has 1 heterocycles. The lowest BCUT2D eigenvalue weighted by molar-refractivity contribution is 0.818. The van der Waals surface area contributed by atoms with E-state index < -0.39 is 0 Å². The molecule has 82 valence electrons. The molecule has 0 saturated heterocycles. The summed E-state index contributed by atoms with van der Waals surface area (Å²) in [6.45, 7) is 2.90. The second kappa shape index (κ2) is 4.90. The Kier molecular flexibility index (Phi) is 3.32. The minimum Gasteiger partial charge on any atom is -0.316 e. The molecule has 2 nitrogen and oxygen atoms in total. The van der Waals surface area contributed by atoms with Gasteiger partial charge in [0.2, 0.25) is 0 Å². The van der Waals surface area contributed by atoms with Crippen LogP contribution >= 0.6 is 0 Å². The molecule has 2 aromatic rings. The van der Waals surface area contributed by atoms with E-state index in [0.717, 1.165) is 12.2 Å². The van der Waals surface area contributed by atoms with Gasteiger partial charge in [0, 0.05) is 24.0 Å². The molecule has 0 bridgehead atoms. The maximum absolute atomic E-state index is 4.32. The third-order valence-electron chi connectivity index (χ3n) is 2.55. The average Bonchev–Trinajstić information content (AvgIpc) is 2.31. The summed E-state index contributed by atoms with van der Waals surface area (Å²) in [7, 11) is 1.96. The quantitative estimate of drug-likeness (QED) is 0.846. The summed E-state index contributed by atoms with van der Waals surface area (Å²) in [6.07, 6.45) is 1.92. The second-order valence-electron chi connectivity index (χ2n) is 3.92. The molecule has 1 aromatic heterocycles. The van der Waals surface area contributed by atoms with Gasteiger partial charge in [0.25, 0.3) is 0 Å². The fraction of sp³-hybridized carbons (Fsp3) is 0.214. The molecule has 2 rings (SSSR count). The average molecular weight is 212 g/mol. The van der Waals surface area contributed by atoms with E-state index in [1.807, 2.05) is 26.2 Å². The van der Waals surface area contributed by atoms with Crippen LogP contribution in [-0.2, 0) is 6.54 Å². The third kappa shape index (κ3) is 2.47. The van der Waals surface area contributed by atoms with Crippen LogP contribution in [0.15, 0.2) is 42.6 Å². The van der Waals surface area contributed by atoms with E-state index in [4.69, 9.17) is 0 Å². The predicted molar refractivity (Wildman–Crippen MR) is 67.2 cm³/mol. The van der Waals surface area contributed by atoms with Crippen molar-refractivity contribution in [3.05, 3.63) is 53.9 Å². The monoisotopic (exact) mass is 212 g/mol. The molecule has 0 fully saturated rings. The first-order chi connectivity index (χ1) is 7.79. The number of aryl methyl sites for hydroxylation is 1. The number of hydrogen-bond acceptors (Lipinski definition) is 2. The summed E-state index contributed by atoms with van der Waals surface area (Å²) in [5, 5.41) is 3.16. The first-order valence-corrected chi connectivity index (χ1v) is 5.46. The summed E-state index contributed by atoms with van der Waals surface area (Å²) in [5.74, 6) is 0. The first kappa shape index (κ1) is 10.8. The number of nitrogens with zero attached hydrogens (tertiary/aromatic N) is 1. The summed E-state index contributed by atoms with van der Waals surface area (Å²) in [6, 6.07) is 12.7. The molecule has 0 spiro atoms. The van der Waals surface area contributed by atoms with Gasteiger partial charge in [-0.2, -0.15) is 0 Å². The van der Waals surface area contributed by atoms with E-state index in [2.05, 4.69) is 40.6 Å². The van der Waals surface area contributed by atoms with Gasteiger partial charge in [0.1, 0.15) is 0 Å². The van der Waals surface area contributed by atoms with E-state index in [9.17, 15) is 0 Å². The lowest BCUT2D eigenvalue weighted by Crippen LogP contribution is -2.04. The van der Waals surface area contributed by atoms with E-state index in [-0.39, 0.29) is 0 Å². The zero-order chi connectivity index (χ0) is 11.4. The van der Waals surface area contributed by atoms with Crippen LogP contribution in [0.4, 0.5) is 0 Å². The number of rotatable bonds is 3. The molecule has 16 heavy (non-hydrogen) atoms. The molecule has 0 saturated carbocycles. The van der Waals surface area contributed by atoms with Gasteiger partial charge in [-0.25, -0.2) is 0 Å². The van der Waals surface area contributed by atoms with Crippen molar-refractivity contribution in [2.24, 2.45) is 0 Å². The fourth-order valence-corrected chi connectivity index (χ4v) is 1.70. The molecule has 0 aliphatic heterocycles. The van der Waals surface area contributed by atoms with Crippen molar-refractivity contribution in [2.75, 3.05) is 7.05 Å². The Morgan fingerprint density at radius 2 is 2.00 bits per heavy atom. The van der Waals surface area contributed by atoms with E-state index in [0.29, 0.717) is 0 Å². The topological polar surface area (TPSA) is 24.9 Å². The Hall–Kier alpha value is -1.67. The highest BCUT2D eigenvalue weighted by Gasteiger charge is 1.99. The second-order valence-corrected chi connectivity index (χ2v) is 3.92. The zero-order valence-corrected chi connectivity index (χ0v) is 9.70. The van der Waals surface area contributed by atoms with E-state index in [1.54, 1.807) is 0 Å². The fourth-order valence-electron chi connectivity index (χ4n) is 1.70. The Morgan fingerprint density at radius 3 is 2.69 bits per heavy atom.